The minimum Gasteiger partial charge on any atom is -0.449 e. The lowest BCUT2D eigenvalue weighted by Gasteiger charge is -2.26. The van der Waals surface area contributed by atoms with Gasteiger partial charge in [-0.15, -0.1) is 0 Å². The highest BCUT2D eigenvalue weighted by Crippen LogP contribution is 2.44. The molecule has 2 aromatic rings. The Hall–Kier alpha value is -4.08. The smallest absolute Gasteiger partial charge is 0.407 e. The fraction of sp³-hybridized carbons (Fsp3) is 0.360. The SMILES string of the molecule is NC(=O)C[C@H](NC(=O)OCC1c2ccccc2-c2ccccc21)C(=O)ON=C(N)N1CCCCC1. The van der Waals surface area contributed by atoms with Gasteiger partial charge in [-0.3, -0.25) is 4.79 Å². The second kappa shape index (κ2) is 10.9. The van der Waals surface area contributed by atoms with Gasteiger partial charge in [0, 0.05) is 19.0 Å². The van der Waals surface area contributed by atoms with E-state index in [0.717, 1.165) is 54.6 Å². The lowest BCUT2D eigenvalue weighted by Crippen LogP contribution is -2.45. The number of hydrogen-bond acceptors (Lipinski definition) is 6. The van der Waals surface area contributed by atoms with Crippen LogP contribution in [0.2, 0.25) is 0 Å². The first-order valence-corrected chi connectivity index (χ1v) is 11.6. The predicted molar refractivity (Wildman–Crippen MR) is 129 cm³/mol. The summed E-state index contributed by atoms with van der Waals surface area (Å²) >= 11 is 0. The highest BCUT2D eigenvalue weighted by molar-refractivity contribution is 5.88. The maximum atomic E-state index is 12.5. The molecule has 5 N–H and O–H groups in total. The number of carbonyl (C=O) groups excluding carboxylic acids is 3. The summed E-state index contributed by atoms with van der Waals surface area (Å²) in [5, 5.41) is 6.03. The molecule has 1 fully saturated rings. The van der Waals surface area contributed by atoms with Gasteiger partial charge in [0.1, 0.15) is 12.6 Å². The van der Waals surface area contributed by atoms with Crippen LogP contribution in [-0.2, 0) is 19.2 Å². The number of fused-ring (bicyclic) bond motifs is 3. The Kier molecular flexibility index (Phi) is 7.49. The Balaban J connectivity index is 1.37. The number of piperidine rings is 1. The van der Waals surface area contributed by atoms with Gasteiger partial charge in [-0.25, -0.2) is 9.59 Å². The Bertz CT molecular complexity index is 1080. The lowest BCUT2D eigenvalue weighted by atomic mass is 9.98. The van der Waals surface area contributed by atoms with Crippen LogP contribution in [0.4, 0.5) is 4.79 Å². The number of amides is 2. The molecule has 2 aliphatic rings. The first-order chi connectivity index (χ1) is 16.9. The first-order valence-electron chi connectivity index (χ1n) is 11.6. The fourth-order valence-electron chi connectivity index (χ4n) is 4.51. The van der Waals surface area contributed by atoms with E-state index < -0.39 is 30.4 Å². The van der Waals surface area contributed by atoms with Crippen molar-refractivity contribution in [1.82, 2.24) is 10.2 Å². The summed E-state index contributed by atoms with van der Waals surface area (Å²) in [6, 6.07) is 14.5. The Morgan fingerprint density at radius 1 is 0.971 bits per heavy atom. The number of nitrogens with one attached hydrogen (secondary N) is 1. The van der Waals surface area contributed by atoms with Crippen molar-refractivity contribution in [3.05, 3.63) is 59.7 Å². The summed E-state index contributed by atoms with van der Waals surface area (Å²) in [6.07, 6.45) is 1.70. The van der Waals surface area contributed by atoms with Crippen LogP contribution >= 0.6 is 0 Å². The largest absolute Gasteiger partial charge is 0.449 e. The van der Waals surface area contributed by atoms with E-state index in [0.29, 0.717) is 0 Å². The third kappa shape index (κ3) is 5.71. The number of rotatable bonds is 7. The van der Waals surface area contributed by atoms with E-state index in [1.54, 1.807) is 4.90 Å². The van der Waals surface area contributed by atoms with Gasteiger partial charge >= 0.3 is 12.1 Å². The molecule has 4 rings (SSSR count). The monoisotopic (exact) mass is 479 g/mol. The highest BCUT2D eigenvalue weighted by atomic mass is 16.7. The van der Waals surface area contributed by atoms with Gasteiger partial charge in [-0.2, -0.15) is 0 Å². The van der Waals surface area contributed by atoms with Crippen LogP contribution in [0.5, 0.6) is 0 Å². The number of primary amides is 1. The normalized spacial score (nSPS) is 16.1. The molecule has 1 atom stereocenters. The lowest BCUT2D eigenvalue weighted by molar-refractivity contribution is -0.147. The van der Waals surface area contributed by atoms with Crippen LogP contribution in [0.1, 0.15) is 42.7 Å². The van der Waals surface area contributed by atoms with Gasteiger partial charge in [-0.05, 0) is 46.7 Å². The molecule has 10 heteroatoms. The van der Waals surface area contributed by atoms with Gasteiger partial charge in [0.05, 0.1) is 6.42 Å². The molecule has 1 heterocycles. The van der Waals surface area contributed by atoms with Gasteiger partial charge in [0.25, 0.3) is 0 Å². The van der Waals surface area contributed by atoms with E-state index in [4.69, 9.17) is 21.0 Å². The molecule has 0 aromatic heterocycles. The molecule has 10 nitrogen and oxygen atoms in total. The molecule has 184 valence electrons. The standard InChI is InChI=1S/C25H29N5O5/c26-22(31)14-21(23(32)35-29-24(27)30-12-6-1-7-13-30)28-25(33)34-15-20-18-10-4-2-8-16(18)17-9-3-5-11-19(17)20/h2-5,8-11,20-21H,1,6-7,12-15H2,(H2,26,31)(H2,27,29)(H,28,33)/t21-/m0/s1. The number of carbonyl (C=O) groups is 3. The molecule has 0 radical (unpaired) electrons. The zero-order valence-electron chi connectivity index (χ0n) is 19.3. The average Bonchev–Trinajstić information content (AvgIpc) is 3.19. The molecule has 2 aromatic carbocycles. The number of nitrogens with two attached hydrogens (primary N) is 2. The number of guanidine groups is 1. The molecule has 1 saturated heterocycles. The second-order valence-electron chi connectivity index (χ2n) is 8.60. The van der Waals surface area contributed by atoms with Crippen molar-refractivity contribution in [3.8, 4) is 11.1 Å². The van der Waals surface area contributed by atoms with Crippen molar-refractivity contribution < 1.29 is 24.0 Å². The molecule has 2 amide bonds. The summed E-state index contributed by atoms with van der Waals surface area (Å²) in [7, 11) is 0. The quantitative estimate of drug-likeness (QED) is 0.238. The third-order valence-electron chi connectivity index (χ3n) is 6.23. The number of nitrogens with zero attached hydrogens (tertiary/aromatic N) is 2. The fourth-order valence-corrected chi connectivity index (χ4v) is 4.51. The van der Waals surface area contributed by atoms with E-state index in [2.05, 4.69) is 10.5 Å². The van der Waals surface area contributed by atoms with Crippen LogP contribution in [0.25, 0.3) is 11.1 Å². The maximum Gasteiger partial charge on any atom is 0.407 e. The summed E-state index contributed by atoms with van der Waals surface area (Å²) in [6.45, 7) is 1.49. The topological polar surface area (TPSA) is 149 Å². The molecular weight excluding hydrogens is 450 g/mol. The van der Waals surface area contributed by atoms with Crippen molar-refractivity contribution >= 4 is 23.9 Å². The number of ether oxygens (including phenoxy) is 1. The van der Waals surface area contributed by atoms with Crippen molar-refractivity contribution in [2.45, 2.75) is 37.6 Å². The van der Waals surface area contributed by atoms with Crippen molar-refractivity contribution in [3.63, 3.8) is 0 Å². The summed E-state index contributed by atoms with van der Waals surface area (Å²) in [4.78, 5) is 43.2. The molecule has 0 saturated carbocycles. The Labute approximate surface area is 203 Å². The van der Waals surface area contributed by atoms with Gasteiger partial charge in [-0.1, -0.05) is 48.5 Å². The number of likely N-dealkylation sites (tertiary alicyclic amines) is 1. The van der Waals surface area contributed by atoms with Crippen molar-refractivity contribution in [2.24, 2.45) is 16.6 Å². The number of hydrogen-bond donors (Lipinski definition) is 3. The average molecular weight is 480 g/mol. The van der Waals surface area contributed by atoms with Crippen LogP contribution in [0.15, 0.2) is 53.7 Å². The molecule has 1 aliphatic carbocycles. The molecular formula is C25H29N5O5. The van der Waals surface area contributed by atoms with Gasteiger partial charge in [0.15, 0.2) is 0 Å². The molecule has 35 heavy (non-hydrogen) atoms. The van der Waals surface area contributed by atoms with Crippen molar-refractivity contribution in [1.29, 1.82) is 0 Å². The number of alkyl carbamates (subject to hydrolysis) is 1. The number of benzene rings is 2. The van der Waals surface area contributed by atoms with Crippen LogP contribution in [-0.4, -0.2) is 54.6 Å². The van der Waals surface area contributed by atoms with E-state index in [-0.39, 0.29) is 18.5 Å². The van der Waals surface area contributed by atoms with Crippen LogP contribution < -0.4 is 16.8 Å². The minimum absolute atomic E-state index is 0.0538. The first kappa shape index (κ1) is 24.1. The van der Waals surface area contributed by atoms with E-state index in [1.807, 2.05) is 48.5 Å². The minimum atomic E-state index is -1.36. The van der Waals surface area contributed by atoms with Crippen LogP contribution in [0.3, 0.4) is 0 Å². The van der Waals surface area contributed by atoms with E-state index in [1.165, 1.54) is 0 Å². The molecule has 0 bridgehead atoms. The maximum absolute atomic E-state index is 12.5. The summed E-state index contributed by atoms with van der Waals surface area (Å²) in [5.74, 6) is -1.84. The van der Waals surface area contributed by atoms with Crippen LogP contribution in [0, 0.1) is 0 Å². The Morgan fingerprint density at radius 3 is 2.17 bits per heavy atom. The van der Waals surface area contributed by atoms with E-state index in [9.17, 15) is 14.4 Å². The Morgan fingerprint density at radius 2 is 1.57 bits per heavy atom. The van der Waals surface area contributed by atoms with Gasteiger partial charge in [0.2, 0.25) is 11.9 Å². The van der Waals surface area contributed by atoms with Crippen molar-refractivity contribution in [2.75, 3.05) is 19.7 Å². The zero-order valence-corrected chi connectivity index (χ0v) is 19.3. The third-order valence-corrected chi connectivity index (χ3v) is 6.23. The zero-order chi connectivity index (χ0) is 24.8. The second-order valence-corrected chi connectivity index (χ2v) is 8.60. The summed E-state index contributed by atoms with van der Waals surface area (Å²) < 4.78 is 5.44. The molecule has 0 unspecified atom stereocenters. The van der Waals surface area contributed by atoms with E-state index >= 15 is 0 Å². The molecule has 1 aliphatic heterocycles. The summed E-state index contributed by atoms with van der Waals surface area (Å²) in [5.41, 5.74) is 15.4. The number of oxime groups is 1. The predicted octanol–water partition coefficient (Wildman–Crippen LogP) is 2.03. The molecule has 0 spiro atoms. The van der Waals surface area contributed by atoms with Gasteiger partial charge < -0.3 is 31.3 Å². The highest BCUT2D eigenvalue weighted by Gasteiger charge is 2.30.